The zero-order valence-corrected chi connectivity index (χ0v) is 9.17. The fourth-order valence-electron chi connectivity index (χ4n) is 2.51. The lowest BCUT2D eigenvalue weighted by Crippen LogP contribution is -2.24. The van der Waals surface area contributed by atoms with E-state index in [1.54, 1.807) is 19.1 Å². The molecule has 15 heavy (non-hydrogen) atoms. The van der Waals surface area contributed by atoms with Crippen LogP contribution in [0.2, 0.25) is 0 Å². The predicted octanol–water partition coefficient (Wildman–Crippen LogP) is 3.64. The van der Waals surface area contributed by atoms with Crippen LogP contribution in [-0.2, 0) is 5.67 Å². The molecule has 0 aromatic heterocycles. The minimum absolute atomic E-state index is 0.182. The Morgan fingerprint density at radius 1 is 1.20 bits per heavy atom. The van der Waals surface area contributed by atoms with Crippen molar-refractivity contribution in [2.75, 3.05) is 5.73 Å². The van der Waals surface area contributed by atoms with Gasteiger partial charge >= 0.3 is 0 Å². The van der Waals surface area contributed by atoms with Crippen molar-refractivity contribution in [2.45, 2.75) is 38.3 Å². The molecular formula is C13H18FN. The smallest absolute Gasteiger partial charge is 0.136 e. The van der Waals surface area contributed by atoms with Crippen molar-refractivity contribution in [1.82, 2.24) is 0 Å². The second-order valence-electron chi connectivity index (χ2n) is 4.68. The molecule has 0 spiro atoms. The van der Waals surface area contributed by atoms with Crippen LogP contribution in [0.15, 0.2) is 24.3 Å². The number of alkyl halides is 1. The Bertz CT molecular complexity index is 323. The molecule has 1 aromatic carbocycles. The van der Waals surface area contributed by atoms with Crippen molar-refractivity contribution in [3.8, 4) is 0 Å². The molecule has 1 unspecified atom stereocenters. The molecule has 0 saturated heterocycles. The lowest BCUT2D eigenvalue weighted by molar-refractivity contribution is 0.104. The van der Waals surface area contributed by atoms with E-state index in [1.807, 2.05) is 12.1 Å². The molecule has 1 saturated carbocycles. The highest BCUT2D eigenvalue weighted by molar-refractivity contribution is 5.41. The second kappa shape index (κ2) is 3.84. The number of rotatable bonds is 2. The van der Waals surface area contributed by atoms with Crippen LogP contribution in [0.4, 0.5) is 10.1 Å². The van der Waals surface area contributed by atoms with Gasteiger partial charge in [0.2, 0.25) is 0 Å². The van der Waals surface area contributed by atoms with E-state index in [-0.39, 0.29) is 5.92 Å². The van der Waals surface area contributed by atoms with Crippen molar-refractivity contribution in [2.24, 2.45) is 5.92 Å². The standard InChI is InChI=1S/C13H18FN/c1-13(14,10-4-2-3-5-10)11-6-8-12(15)9-7-11/h6-10H,2-5,15H2,1H3. The molecule has 82 valence electrons. The number of halogens is 1. The predicted molar refractivity (Wildman–Crippen MR) is 61.3 cm³/mol. The van der Waals surface area contributed by atoms with Gasteiger partial charge in [-0.15, -0.1) is 0 Å². The molecule has 0 heterocycles. The molecule has 1 aromatic rings. The summed E-state index contributed by atoms with van der Waals surface area (Å²) in [6.07, 6.45) is 4.35. The molecule has 1 fully saturated rings. The zero-order chi connectivity index (χ0) is 10.9. The molecule has 2 heteroatoms. The van der Waals surface area contributed by atoms with Gasteiger partial charge in [0.05, 0.1) is 0 Å². The molecule has 1 nitrogen and oxygen atoms in total. The van der Waals surface area contributed by atoms with Gasteiger partial charge in [-0.1, -0.05) is 25.0 Å². The van der Waals surface area contributed by atoms with Crippen LogP contribution in [0.5, 0.6) is 0 Å². The third-order valence-corrected chi connectivity index (χ3v) is 3.60. The third-order valence-electron chi connectivity index (χ3n) is 3.60. The summed E-state index contributed by atoms with van der Waals surface area (Å²) < 4.78 is 14.6. The number of hydrogen-bond donors (Lipinski definition) is 1. The fourth-order valence-corrected chi connectivity index (χ4v) is 2.51. The summed E-state index contributed by atoms with van der Waals surface area (Å²) in [4.78, 5) is 0. The van der Waals surface area contributed by atoms with Gasteiger partial charge in [-0.25, -0.2) is 4.39 Å². The van der Waals surface area contributed by atoms with Crippen LogP contribution in [-0.4, -0.2) is 0 Å². The van der Waals surface area contributed by atoms with E-state index >= 15 is 0 Å². The highest BCUT2D eigenvalue weighted by atomic mass is 19.1. The number of nitrogens with two attached hydrogens (primary N) is 1. The molecule has 1 atom stereocenters. The summed E-state index contributed by atoms with van der Waals surface area (Å²) >= 11 is 0. The maximum absolute atomic E-state index is 14.6. The monoisotopic (exact) mass is 207 g/mol. The van der Waals surface area contributed by atoms with E-state index < -0.39 is 5.67 Å². The molecule has 0 amide bonds. The molecule has 0 bridgehead atoms. The van der Waals surface area contributed by atoms with E-state index in [9.17, 15) is 4.39 Å². The molecule has 0 radical (unpaired) electrons. The summed E-state index contributed by atoms with van der Waals surface area (Å²) in [7, 11) is 0. The van der Waals surface area contributed by atoms with Crippen LogP contribution in [0.3, 0.4) is 0 Å². The first-order valence-electron chi connectivity index (χ1n) is 5.65. The molecule has 2 N–H and O–H groups in total. The van der Waals surface area contributed by atoms with Crippen molar-refractivity contribution in [3.05, 3.63) is 29.8 Å². The Hall–Kier alpha value is -1.05. The summed E-state index contributed by atoms with van der Waals surface area (Å²) in [6.45, 7) is 1.70. The van der Waals surface area contributed by atoms with Crippen LogP contribution < -0.4 is 5.73 Å². The van der Waals surface area contributed by atoms with Crippen LogP contribution in [0.1, 0.15) is 38.2 Å². The minimum Gasteiger partial charge on any atom is -0.399 e. The Balaban J connectivity index is 2.23. The average Bonchev–Trinajstić information content (AvgIpc) is 2.71. The quantitative estimate of drug-likeness (QED) is 0.736. The molecule has 2 rings (SSSR count). The Labute approximate surface area is 90.5 Å². The van der Waals surface area contributed by atoms with Gasteiger partial charge in [0, 0.05) is 5.69 Å². The largest absolute Gasteiger partial charge is 0.399 e. The van der Waals surface area contributed by atoms with Crippen LogP contribution in [0.25, 0.3) is 0 Å². The normalized spacial score (nSPS) is 21.5. The first-order chi connectivity index (χ1) is 7.10. The summed E-state index contributed by atoms with van der Waals surface area (Å²) in [6, 6.07) is 7.19. The summed E-state index contributed by atoms with van der Waals surface area (Å²) in [5, 5.41) is 0. The first kappa shape index (κ1) is 10.5. The maximum atomic E-state index is 14.6. The highest BCUT2D eigenvalue weighted by Crippen LogP contribution is 2.43. The van der Waals surface area contributed by atoms with Gasteiger partial charge in [-0.3, -0.25) is 0 Å². The Morgan fingerprint density at radius 3 is 2.27 bits per heavy atom. The lowest BCUT2D eigenvalue weighted by atomic mass is 9.83. The average molecular weight is 207 g/mol. The Kier molecular flexibility index (Phi) is 2.68. The summed E-state index contributed by atoms with van der Waals surface area (Å²) in [5.41, 5.74) is 5.87. The topological polar surface area (TPSA) is 26.0 Å². The van der Waals surface area contributed by atoms with Gasteiger partial charge in [-0.2, -0.15) is 0 Å². The van der Waals surface area contributed by atoms with E-state index in [0.29, 0.717) is 5.69 Å². The van der Waals surface area contributed by atoms with Gasteiger partial charge in [-0.05, 0) is 43.4 Å². The van der Waals surface area contributed by atoms with Gasteiger partial charge < -0.3 is 5.73 Å². The number of nitrogen functional groups attached to an aromatic ring is 1. The van der Waals surface area contributed by atoms with Crippen LogP contribution in [0, 0.1) is 5.92 Å². The molecular weight excluding hydrogens is 189 g/mol. The zero-order valence-electron chi connectivity index (χ0n) is 9.17. The SMILES string of the molecule is CC(F)(c1ccc(N)cc1)C1CCCC1. The van der Waals surface area contributed by atoms with Gasteiger partial charge in [0.25, 0.3) is 0 Å². The van der Waals surface area contributed by atoms with Crippen LogP contribution >= 0.6 is 0 Å². The fraction of sp³-hybridized carbons (Fsp3) is 0.538. The van der Waals surface area contributed by atoms with Crippen molar-refractivity contribution in [1.29, 1.82) is 0 Å². The van der Waals surface area contributed by atoms with Crippen molar-refractivity contribution < 1.29 is 4.39 Å². The second-order valence-corrected chi connectivity index (χ2v) is 4.68. The number of hydrogen-bond acceptors (Lipinski definition) is 1. The lowest BCUT2D eigenvalue weighted by Gasteiger charge is -2.27. The van der Waals surface area contributed by atoms with Gasteiger partial charge in [0.1, 0.15) is 5.67 Å². The highest BCUT2D eigenvalue weighted by Gasteiger charge is 2.37. The molecule has 1 aliphatic carbocycles. The van der Waals surface area contributed by atoms with Crippen molar-refractivity contribution in [3.63, 3.8) is 0 Å². The van der Waals surface area contributed by atoms with Crippen molar-refractivity contribution >= 4 is 5.69 Å². The number of anilines is 1. The Morgan fingerprint density at radius 2 is 1.73 bits per heavy atom. The van der Waals surface area contributed by atoms with E-state index in [2.05, 4.69) is 0 Å². The molecule has 1 aliphatic rings. The third kappa shape index (κ3) is 1.99. The maximum Gasteiger partial charge on any atom is 0.136 e. The van der Waals surface area contributed by atoms with Gasteiger partial charge in [0.15, 0.2) is 0 Å². The first-order valence-corrected chi connectivity index (χ1v) is 5.65. The van der Waals surface area contributed by atoms with E-state index in [0.717, 1.165) is 18.4 Å². The van der Waals surface area contributed by atoms with E-state index in [1.165, 1.54) is 12.8 Å². The summed E-state index contributed by atoms with van der Waals surface area (Å²) in [5.74, 6) is 0.182. The molecule has 0 aliphatic heterocycles. The minimum atomic E-state index is -1.19. The van der Waals surface area contributed by atoms with E-state index in [4.69, 9.17) is 5.73 Å². The number of benzene rings is 1.